The Labute approximate surface area is 66.5 Å². The summed E-state index contributed by atoms with van der Waals surface area (Å²) in [6, 6.07) is 0. The van der Waals surface area contributed by atoms with Gasteiger partial charge in [-0.25, -0.2) is 4.79 Å². The molecular formula is C9H12O2. The van der Waals surface area contributed by atoms with Crippen molar-refractivity contribution < 1.29 is 9.90 Å². The number of aliphatic carboxylic acids is 1. The van der Waals surface area contributed by atoms with E-state index in [4.69, 9.17) is 5.11 Å². The third kappa shape index (κ3) is 3.40. The Morgan fingerprint density at radius 1 is 1.64 bits per heavy atom. The molecule has 0 heterocycles. The molecule has 0 amide bonds. The smallest absolute Gasteiger partial charge is 0.331 e. The van der Waals surface area contributed by atoms with Crippen LogP contribution in [0.5, 0.6) is 0 Å². The molecule has 0 aromatic rings. The molecule has 0 unspecified atom stereocenters. The van der Waals surface area contributed by atoms with Gasteiger partial charge in [-0.3, -0.25) is 0 Å². The van der Waals surface area contributed by atoms with Crippen molar-refractivity contribution >= 4 is 5.97 Å². The van der Waals surface area contributed by atoms with E-state index >= 15 is 0 Å². The fourth-order valence-electron chi connectivity index (χ4n) is 0.618. The first-order valence-electron chi connectivity index (χ1n) is 3.30. The summed E-state index contributed by atoms with van der Waals surface area (Å²) < 4.78 is 0. The maximum atomic E-state index is 10.4. The first kappa shape index (κ1) is 9.69. The lowest BCUT2D eigenvalue weighted by Gasteiger charge is -1.99. The highest BCUT2D eigenvalue weighted by atomic mass is 16.4. The van der Waals surface area contributed by atoms with Gasteiger partial charge in [0.25, 0.3) is 0 Å². The summed E-state index contributed by atoms with van der Waals surface area (Å²) in [4.78, 5) is 10.4. The topological polar surface area (TPSA) is 37.3 Å². The molecule has 2 heteroatoms. The van der Waals surface area contributed by atoms with Crippen LogP contribution in [-0.2, 0) is 4.79 Å². The zero-order chi connectivity index (χ0) is 8.85. The van der Waals surface area contributed by atoms with Crippen molar-refractivity contribution in [1.82, 2.24) is 0 Å². The van der Waals surface area contributed by atoms with Crippen LogP contribution in [-0.4, -0.2) is 11.1 Å². The standard InChI is InChI=1S/C9H12O2/c1-4-7(3)6-8(5-2)9(10)11/h4-5H,1,3,6H2,2H3,(H,10,11)/b8-5+. The molecule has 0 rings (SSSR count). The third-order valence-corrected chi connectivity index (χ3v) is 1.33. The summed E-state index contributed by atoms with van der Waals surface area (Å²) in [6.07, 6.45) is 3.50. The number of carboxylic acid groups (broad SMARTS) is 1. The van der Waals surface area contributed by atoms with Crippen molar-refractivity contribution in [3.05, 3.63) is 36.5 Å². The quantitative estimate of drug-likeness (QED) is 0.495. The minimum Gasteiger partial charge on any atom is -0.478 e. The Morgan fingerprint density at radius 3 is 2.45 bits per heavy atom. The molecular weight excluding hydrogens is 140 g/mol. The van der Waals surface area contributed by atoms with E-state index in [1.807, 2.05) is 0 Å². The molecule has 0 aromatic carbocycles. The van der Waals surface area contributed by atoms with E-state index in [-0.39, 0.29) is 0 Å². The summed E-state index contributed by atoms with van der Waals surface area (Å²) in [5.41, 5.74) is 1.08. The summed E-state index contributed by atoms with van der Waals surface area (Å²) in [5.74, 6) is -0.893. The van der Waals surface area contributed by atoms with Crippen molar-refractivity contribution in [2.75, 3.05) is 0 Å². The molecule has 0 saturated carbocycles. The van der Waals surface area contributed by atoms with Gasteiger partial charge in [-0.2, -0.15) is 0 Å². The predicted octanol–water partition coefficient (Wildman–Crippen LogP) is 2.15. The number of hydrogen-bond acceptors (Lipinski definition) is 1. The highest BCUT2D eigenvalue weighted by Crippen LogP contribution is 2.09. The molecule has 0 bridgehead atoms. The van der Waals surface area contributed by atoms with Gasteiger partial charge in [0, 0.05) is 12.0 Å². The first-order valence-corrected chi connectivity index (χ1v) is 3.30. The zero-order valence-corrected chi connectivity index (χ0v) is 6.63. The molecule has 0 saturated heterocycles. The third-order valence-electron chi connectivity index (χ3n) is 1.33. The molecule has 11 heavy (non-hydrogen) atoms. The minimum atomic E-state index is -0.893. The van der Waals surface area contributed by atoms with Gasteiger partial charge in [-0.15, -0.1) is 0 Å². The van der Waals surface area contributed by atoms with E-state index in [0.717, 1.165) is 5.57 Å². The molecule has 0 aliphatic carbocycles. The summed E-state index contributed by atoms with van der Waals surface area (Å²) in [7, 11) is 0. The Hall–Kier alpha value is -1.31. The van der Waals surface area contributed by atoms with Gasteiger partial charge in [-0.1, -0.05) is 30.9 Å². The van der Waals surface area contributed by atoms with Crippen LogP contribution in [0.1, 0.15) is 13.3 Å². The van der Waals surface area contributed by atoms with E-state index in [1.165, 1.54) is 0 Å². The van der Waals surface area contributed by atoms with Crippen molar-refractivity contribution in [2.45, 2.75) is 13.3 Å². The average Bonchev–Trinajstić information content (AvgIpc) is 1.99. The number of allylic oxidation sites excluding steroid dienone is 3. The highest BCUT2D eigenvalue weighted by Gasteiger charge is 2.04. The maximum Gasteiger partial charge on any atom is 0.331 e. The molecule has 0 fully saturated rings. The molecule has 0 aliphatic heterocycles. The minimum absolute atomic E-state index is 0.356. The van der Waals surface area contributed by atoms with Gasteiger partial charge in [0.2, 0.25) is 0 Å². The van der Waals surface area contributed by atoms with E-state index < -0.39 is 5.97 Å². The van der Waals surface area contributed by atoms with E-state index in [0.29, 0.717) is 12.0 Å². The molecule has 2 nitrogen and oxygen atoms in total. The Morgan fingerprint density at radius 2 is 2.18 bits per heavy atom. The van der Waals surface area contributed by atoms with E-state index in [2.05, 4.69) is 13.2 Å². The Kier molecular flexibility index (Phi) is 3.96. The predicted molar refractivity (Wildman–Crippen MR) is 45.3 cm³/mol. The lowest BCUT2D eigenvalue weighted by Crippen LogP contribution is -2.00. The average molecular weight is 152 g/mol. The number of carbonyl (C=O) groups is 1. The van der Waals surface area contributed by atoms with Crippen molar-refractivity contribution in [3.8, 4) is 0 Å². The van der Waals surface area contributed by atoms with Crippen LogP contribution in [0.15, 0.2) is 36.5 Å². The van der Waals surface area contributed by atoms with Crippen LogP contribution in [0, 0.1) is 0 Å². The van der Waals surface area contributed by atoms with Crippen molar-refractivity contribution in [1.29, 1.82) is 0 Å². The van der Waals surface area contributed by atoms with Crippen molar-refractivity contribution in [3.63, 3.8) is 0 Å². The van der Waals surface area contributed by atoms with Crippen molar-refractivity contribution in [2.24, 2.45) is 0 Å². The van der Waals surface area contributed by atoms with Gasteiger partial charge in [-0.05, 0) is 6.92 Å². The molecule has 0 aromatic heterocycles. The highest BCUT2D eigenvalue weighted by molar-refractivity contribution is 5.87. The summed E-state index contributed by atoms with van der Waals surface area (Å²) in [6.45, 7) is 8.80. The van der Waals surface area contributed by atoms with Gasteiger partial charge < -0.3 is 5.11 Å². The Bertz CT molecular complexity index is 212. The monoisotopic (exact) mass is 152 g/mol. The van der Waals surface area contributed by atoms with Gasteiger partial charge in [0.1, 0.15) is 0 Å². The van der Waals surface area contributed by atoms with E-state index in [1.54, 1.807) is 19.1 Å². The van der Waals surface area contributed by atoms with Crippen LogP contribution in [0.2, 0.25) is 0 Å². The lowest BCUT2D eigenvalue weighted by atomic mass is 10.1. The number of rotatable bonds is 4. The molecule has 0 atom stereocenters. The molecule has 0 radical (unpaired) electrons. The molecule has 1 N–H and O–H groups in total. The first-order chi connectivity index (χ1) is 5.11. The normalized spacial score (nSPS) is 10.8. The van der Waals surface area contributed by atoms with Gasteiger partial charge in [0.15, 0.2) is 0 Å². The second-order valence-corrected chi connectivity index (χ2v) is 2.16. The van der Waals surface area contributed by atoms with Crippen LogP contribution in [0.4, 0.5) is 0 Å². The maximum absolute atomic E-state index is 10.4. The fourth-order valence-corrected chi connectivity index (χ4v) is 0.618. The molecule has 0 aliphatic rings. The van der Waals surface area contributed by atoms with Crippen LogP contribution >= 0.6 is 0 Å². The van der Waals surface area contributed by atoms with Gasteiger partial charge >= 0.3 is 5.97 Å². The molecule has 0 spiro atoms. The summed E-state index contributed by atoms with van der Waals surface area (Å²) >= 11 is 0. The lowest BCUT2D eigenvalue weighted by molar-refractivity contribution is -0.132. The SMILES string of the molecule is C=CC(=C)C/C(=C\C)C(=O)O. The van der Waals surface area contributed by atoms with Gasteiger partial charge in [0.05, 0.1) is 0 Å². The fraction of sp³-hybridized carbons (Fsp3) is 0.222. The number of hydrogen-bond donors (Lipinski definition) is 1. The van der Waals surface area contributed by atoms with E-state index in [9.17, 15) is 4.79 Å². The number of carboxylic acids is 1. The van der Waals surface area contributed by atoms with Crippen LogP contribution < -0.4 is 0 Å². The second kappa shape index (κ2) is 4.50. The molecule has 60 valence electrons. The Balaban J connectivity index is 4.22. The zero-order valence-electron chi connectivity index (χ0n) is 6.63. The van der Waals surface area contributed by atoms with Crippen LogP contribution in [0.25, 0.3) is 0 Å². The van der Waals surface area contributed by atoms with Crippen LogP contribution in [0.3, 0.4) is 0 Å². The summed E-state index contributed by atoms with van der Waals surface area (Å²) in [5, 5.41) is 8.57. The second-order valence-electron chi connectivity index (χ2n) is 2.16. The largest absolute Gasteiger partial charge is 0.478 e.